The first-order valence-corrected chi connectivity index (χ1v) is 11.0. The van der Waals surface area contributed by atoms with Gasteiger partial charge >= 0.3 is 0 Å². The molecular weight excluding hydrogens is 388 g/mol. The van der Waals surface area contributed by atoms with E-state index in [4.69, 9.17) is 4.74 Å². The van der Waals surface area contributed by atoms with Gasteiger partial charge in [-0.2, -0.15) is 4.31 Å². The SMILES string of the molecule is O=S(=O)(Cc1ccccc1)N1CCO[C@@H](c2ccc(Nc3ccccn3)cn2)C1. The summed E-state index contributed by atoms with van der Waals surface area (Å²) in [4.78, 5) is 8.68. The van der Waals surface area contributed by atoms with Crippen molar-refractivity contribution in [3.63, 3.8) is 0 Å². The van der Waals surface area contributed by atoms with Crippen molar-refractivity contribution in [3.8, 4) is 0 Å². The van der Waals surface area contributed by atoms with Crippen molar-refractivity contribution in [3.05, 3.63) is 84.3 Å². The minimum atomic E-state index is -3.42. The van der Waals surface area contributed by atoms with E-state index in [1.54, 1.807) is 12.4 Å². The van der Waals surface area contributed by atoms with Crippen LogP contribution in [0.3, 0.4) is 0 Å². The molecule has 8 heteroatoms. The zero-order valence-corrected chi connectivity index (χ0v) is 16.6. The molecule has 7 nitrogen and oxygen atoms in total. The van der Waals surface area contributed by atoms with Crippen LogP contribution in [0, 0.1) is 0 Å². The van der Waals surface area contributed by atoms with Crippen molar-refractivity contribution in [2.75, 3.05) is 25.0 Å². The van der Waals surface area contributed by atoms with E-state index < -0.39 is 16.1 Å². The Kier molecular flexibility index (Phi) is 5.84. The van der Waals surface area contributed by atoms with Gasteiger partial charge in [0.25, 0.3) is 0 Å². The molecule has 29 heavy (non-hydrogen) atoms. The first-order chi connectivity index (χ1) is 14.1. The standard InChI is InChI=1S/C21H22N4O3S/c26-29(27,16-17-6-2-1-3-7-17)25-12-13-28-20(15-25)19-10-9-18(14-23-19)24-21-8-4-5-11-22-21/h1-11,14,20H,12-13,15-16H2,(H,22,24)/t20-/m1/s1. The van der Waals surface area contributed by atoms with E-state index in [1.807, 2.05) is 60.7 Å². The Hall–Kier alpha value is -2.81. The molecule has 1 N–H and O–H groups in total. The van der Waals surface area contributed by atoms with Crippen molar-refractivity contribution >= 4 is 21.5 Å². The monoisotopic (exact) mass is 410 g/mol. The van der Waals surface area contributed by atoms with Crippen molar-refractivity contribution in [2.24, 2.45) is 0 Å². The molecule has 0 radical (unpaired) electrons. The molecule has 1 aliphatic heterocycles. The number of nitrogens with zero attached hydrogens (tertiary/aromatic N) is 3. The van der Waals surface area contributed by atoms with Gasteiger partial charge < -0.3 is 10.1 Å². The number of benzene rings is 1. The minimum Gasteiger partial charge on any atom is -0.369 e. The van der Waals surface area contributed by atoms with Crippen LogP contribution in [-0.4, -0.2) is 42.4 Å². The molecule has 0 saturated carbocycles. The quantitative estimate of drug-likeness (QED) is 0.672. The largest absolute Gasteiger partial charge is 0.369 e. The van der Waals surface area contributed by atoms with Gasteiger partial charge in [-0.3, -0.25) is 4.98 Å². The molecule has 1 atom stereocenters. The molecule has 3 aromatic rings. The first kappa shape index (κ1) is 19.5. The van der Waals surface area contributed by atoms with E-state index in [0.29, 0.717) is 18.8 Å². The summed E-state index contributed by atoms with van der Waals surface area (Å²) >= 11 is 0. The lowest BCUT2D eigenvalue weighted by Gasteiger charge is -2.32. The van der Waals surface area contributed by atoms with Crippen molar-refractivity contribution in [1.29, 1.82) is 0 Å². The number of morpholine rings is 1. The van der Waals surface area contributed by atoms with E-state index in [1.165, 1.54) is 4.31 Å². The Morgan fingerprint density at radius 3 is 2.59 bits per heavy atom. The normalized spacial score (nSPS) is 17.7. The van der Waals surface area contributed by atoms with Crippen LogP contribution < -0.4 is 5.32 Å². The highest BCUT2D eigenvalue weighted by Crippen LogP contribution is 2.25. The zero-order chi connectivity index (χ0) is 20.1. The Balaban J connectivity index is 1.43. The summed E-state index contributed by atoms with van der Waals surface area (Å²) in [6.45, 7) is 0.953. The van der Waals surface area contributed by atoms with Crippen LogP contribution in [0.25, 0.3) is 0 Å². The van der Waals surface area contributed by atoms with E-state index in [0.717, 1.165) is 17.1 Å². The zero-order valence-electron chi connectivity index (χ0n) is 15.8. The van der Waals surface area contributed by atoms with Crippen molar-refractivity contribution in [1.82, 2.24) is 14.3 Å². The van der Waals surface area contributed by atoms with E-state index in [2.05, 4.69) is 15.3 Å². The number of aromatic nitrogens is 2. The number of rotatable bonds is 6. The molecule has 2 aromatic heterocycles. The van der Waals surface area contributed by atoms with E-state index in [-0.39, 0.29) is 12.3 Å². The molecule has 1 aromatic carbocycles. The van der Waals surface area contributed by atoms with Crippen LogP contribution in [0.5, 0.6) is 0 Å². The maximum atomic E-state index is 12.8. The van der Waals surface area contributed by atoms with Crippen LogP contribution in [-0.2, 0) is 20.5 Å². The first-order valence-electron chi connectivity index (χ1n) is 9.37. The molecule has 4 rings (SSSR count). The third-order valence-electron chi connectivity index (χ3n) is 4.67. The van der Waals surface area contributed by atoms with Crippen LogP contribution in [0.15, 0.2) is 73.1 Å². The fourth-order valence-electron chi connectivity index (χ4n) is 3.19. The maximum Gasteiger partial charge on any atom is 0.218 e. The average Bonchev–Trinajstić information content (AvgIpc) is 2.76. The number of nitrogens with one attached hydrogen (secondary N) is 1. The number of sulfonamides is 1. The van der Waals surface area contributed by atoms with E-state index >= 15 is 0 Å². The summed E-state index contributed by atoms with van der Waals surface area (Å²) in [5.41, 5.74) is 2.28. The van der Waals surface area contributed by atoms with Gasteiger partial charge in [0.1, 0.15) is 11.9 Å². The van der Waals surface area contributed by atoms with Crippen LogP contribution in [0.1, 0.15) is 17.4 Å². The minimum absolute atomic E-state index is 0.0130. The van der Waals surface area contributed by atoms with Crippen LogP contribution in [0.4, 0.5) is 11.5 Å². The summed E-state index contributed by atoms with van der Waals surface area (Å²) in [5, 5.41) is 3.17. The second-order valence-electron chi connectivity index (χ2n) is 6.77. The van der Waals surface area contributed by atoms with Crippen LogP contribution >= 0.6 is 0 Å². The topological polar surface area (TPSA) is 84.4 Å². The molecule has 1 aliphatic rings. The predicted molar refractivity (Wildman–Crippen MR) is 111 cm³/mol. The molecule has 150 valence electrons. The van der Waals surface area contributed by atoms with Crippen molar-refractivity contribution in [2.45, 2.75) is 11.9 Å². The smallest absolute Gasteiger partial charge is 0.218 e. The Bertz CT molecular complexity index is 1030. The summed E-state index contributed by atoms with van der Waals surface area (Å²) in [7, 11) is -3.42. The number of hydrogen-bond acceptors (Lipinski definition) is 6. The maximum absolute atomic E-state index is 12.8. The lowest BCUT2D eigenvalue weighted by atomic mass is 10.2. The molecule has 1 fully saturated rings. The molecule has 0 unspecified atom stereocenters. The Morgan fingerprint density at radius 1 is 1.03 bits per heavy atom. The molecular formula is C21H22N4O3S. The summed E-state index contributed by atoms with van der Waals surface area (Å²) in [6.07, 6.45) is 3.02. The van der Waals surface area contributed by atoms with Crippen molar-refractivity contribution < 1.29 is 13.2 Å². The van der Waals surface area contributed by atoms with Crippen LogP contribution in [0.2, 0.25) is 0 Å². The molecule has 0 aliphatic carbocycles. The predicted octanol–water partition coefficient (Wildman–Crippen LogP) is 3.12. The van der Waals surface area contributed by atoms with Gasteiger partial charge in [-0.05, 0) is 29.8 Å². The lowest BCUT2D eigenvalue weighted by molar-refractivity contribution is -0.00497. The number of anilines is 2. The summed E-state index contributed by atoms with van der Waals surface area (Å²) in [5.74, 6) is 0.718. The molecule has 0 amide bonds. The van der Waals surface area contributed by atoms with Gasteiger partial charge in [-0.1, -0.05) is 36.4 Å². The summed E-state index contributed by atoms with van der Waals surface area (Å²) < 4.78 is 32.9. The highest BCUT2D eigenvalue weighted by atomic mass is 32.2. The van der Waals surface area contributed by atoms with Gasteiger partial charge in [-0.15, -0.1) is 0 Å². The molecule has 0 bridgehead atoms. The Morgan fingerprint density at radius 2 is 1.86 bits per heavy atom. The average molecular weight is 410 g/mol. The van der Waals surface area contributed by atoms with Gasteiger partial charge in [0.2, 0.25) is 10.0 Å². The van der Waals surface area contributed by atoms with Gasteiger partial charge in [-0.25, -0.2) is 13.4 Å². The number of hydrogen-bond donors (Lipinski definition) is 1. The fraction of sp³-hybridized carbons (Fsp3) is 0.238. The third kappa shape index (κ3) is 4.97. The fourth-order valence-corrected chi connectivity index (χ4v) is 4.70. The number of ether oxygens (including phenoxy) is 1. The highest BCUT2D eigenvalue weighted by Gasteiger charge is 2.31. The van der Waals surface area contributed by atoms with Gasteiger partial charge in [0.05, 0.1) is 29.9 Å². The second-order valence-corrected chi connectivity index (χ2v) is 8.74. The Labute approximate surface area is 170 Å². The molecule has 1 saturated heterocycles. The number of pyridine rings is 2. The molecule has 3 heterocycles. The lowest BCUT2D eigenvalue weighted by Crippen LogP contribution is -2.42. The highest BCUT2D eigenvalue weighted by molar-refractivity contribution is 7.88. The van der Waals surface area contributed by atoms with E-state index in [9.17, 15) is 8.42 Å². The summed E-state index contributed by atoms with van der Waals surface area (Å²) in [6, 6.07) is 18.6. The molecule has 0 spiro atoms. The van der Waals surface area contributed by atoms with Gasteiger partial charge in [0.15, 0.2) is 0 Å². The second kappa shape index (κ2) is 8.69. The van der Waals surface area contributed by atoms with Gasteiger partial charge in [0, 0.05) is 19.3 Å². The third-order valence-corrected chi connectivity index (χ3v) is 6.48.